The molecule has 2 heteroatoms. The van der Waals surface area contributed by atoms with E-state index in [1.54, 1.807) is 0 Å². The molecular formula is C41H62O2. The lowest BCUT2D eigenvalue weighted by Gasteiger charge is -2.38. The van der Waals surface area contributed by atoms with E-state index < -0.39 is 0 Å². The molecule has 0 N–H and O–H groups in total. The second-order valence-corrected chi connectivity index (χ2v) is 13.6. The second kappa shape index (κ2) is 21.5. The Morgan fingerprint density at radius 3 is 1.37 bits per heavy atom. The van der Waals surface area contributed by atoms with E-state index >= 15 is 0 Å². The fourth-order valence-corrected chi connectivity index (χ4v) is 7.57. The topological polar surface area (TPSA) is 34.1 Å². The van der Waals surface area contributed by atoms with Crippen LogP contribution in [-0.4, -0.2) is 11.6 Å². The number of hydrogen-bond acceptors (Lipinski definition) is 2. The van der Waals surface area contributed by atoms with Gasteiger partial charge in [0.05, 0.1) is 5.92 Å². The Hall–Kier alpha value is -2.22. The maximum Gasteiger partial charge on any atom is 0.144 e. The zero-order valence-corrected chi connectivity index (χ0v) is 27.6. The SMILES string of the molecule is CCCCCCCCCCCC(CCCCCCCCCCCc1ccccc1)(Cc1ccccc1)C1C(=O)CCC1=O. The molecule has 1 atom stereocenters. The van der Waals surface area contributed by atoms with E-state index in [2.05, 4.69) is 67.6 Å². The largest absolute Gasteiger partial charge is 0.299 e. The molecule has 0 spiro atoms. The van der Waals surface area contributed by atoms with Crippen LogP contribution in [0.3, 0.4) is 0 Å². The van der Waals surface area contributed by atoms with Crippen molar-refractivity contribution in [2.75, 3.05) is 0 Å². The van der Waals surface area contributed by atoms with Crippen LogP contribution in [0.5, 0.6) is 0 Å². The highest BCUT2D eigenvalue weighted by Gasteiger charge is 2.48. The number of carbonyl (C=O) groups is 2. The maximum absolute atomic E-state index is 13.2. The van der Waals surface area contributed by atoms with E-state index in [0.29, 0.717) is 12.8 Å². The lowest BCUT2D eigenvalue weighted by Crippen LogP contribution is -2.39. The molecule has 0 aromatic heterocycles. The summed E-state index contributed by atoms with van der Waals surface area (Å²) < 4.78 is 0. The van der Waals surface area contributed by atoms with Crippen LogP contribution >= 0.6 is 0 Å². The Bertz CT molecular complexity index is 981. The van der Waals surface area contributed by atoms with Gasteiger partial charge in [-0.1, -0.05) is 177 Å². The van der Waals surface area contributed by atoms with Crippen molar-refractivity contribution in [3.63, 3.8) is 0 Å². The summed E-state index contributed by atoms with van der Waals surface area (Å²) in [6.45, 7) is 2.28. The van der Waals surface area contributed by atoms with Gasteiger partial charge in [-0.3, -0.25) is 9.59 Å². The minimum absolute atomic E-state index is 0.202. The van der Waals surface area contributed by atoms with E-state index in [-0.39, 0.29) is 22.9 Å². The van der Waals surface area contributed by atoms with Crippen molar-refractivity contribution in [2.24, 2.45) is 11.3 Å². The Kier molecular flexibility index (Phi) is 17.6. The Morgan fingerprint density at radius 1 is 0.512 bits per heavy atom. The first-order valence-electron chi connectivity index (χ1n) is 18.3. The number of hydrogen-bond donors (Lipinski definition) is 0. The molecule has 43 heavy (non-hydrogen) atoms. The fourth-order valence-electron chi connectivity index (χ4n) is 7.57. The number of Topliss-reactive ketones (excluding diaryl/α,β-unsaturated/α-hetero) is 2. The fraction of sp³-hybridized carbons (Fsp3) is 0.659. The van der Waals surface area contributed by atoms with Gasteiger partial charge in [-0.2, -0.15) is 0 Å². The molecule has 1 saturated carbocycles. The summed E-state index contributed by atoms with van der Waals surface area (Å²) in [6.07, 6.45) is 28.3. The van der Waals surface area contributed by atoms with Crippen molar-refractivity contribution in [1.29, 1.82) is 0 Å². The molecule has 2 aromatic rings. The van der Waals surface area contributed by atoms with Gasteiger partial charge < -0.3 is 0 Å². The van der Waals surface area contributed by atoms with E-state index in [9.17, 15) is 9.59 Å². The minimum Gasteiger partial charge on any atom is -0.299 e. The summed E-state index contributed by atoms with van der Waals surface area (Å²) in [4.78, 5) is 26.4. The van der Waals surface area contributed by atoms with Crippen molar-refractivity contribution in [3.05, 3.63) is 71.8 Å². The molecule has 1 aliphatic rings. The highest BCUT2D eigenvalue weighted by atomic mass is 16.2. The van der Waals surface area contributed by atoms with Crippen LogP contribution in [0.1, 0.15) is 159 Å². The third-order valence-corrected chi connectivity index (χ3v) is 10.0. The van der Waals surface area contributed by atoms with Crippen LogP contribution in [0.2, 0.25) is 0 Å². The molecule has 0 heterocycles. The number of benzene rings is 2. The number of aryl methyl sites for hydroxylation is 1. The van der Waals surface area contributed by atoms with Crippen LogP contribution in [0.15, 0.2) is 60.7 Å². The summed E-state index contributed by atoms with van der Waals surface area (Å²) in [6, 6.07) is 21.6. The first-order chi connectivity index (χ1) is 21.1. The zero-order chi connectivity index (χ0) is 30.4. The van der Waals surface area contributed by atoms with E-state index in [0.717, 1.165) is 32.1 Å². The summed E-state index contributed by atoms with van der Waals surface area (Å²) >= 11 is 0. The lowest BCUT2D eigenvalue weighted by molar-refractivity contribution is -0.133. The molecule has 0 amide bonds. The van der Waals surface area contributed by atoms with Crippen molar-refractivity contribution in [1.82, 2.24) is 0 Å². The molecule has 2 nitrogen and oxygen atoms in total. The molecule has 0 aliphatic heterocycles. The molecule has 3 rings (SSSR count). The molecule has 0 bridgehead atoms. The highest BCUT2D eigenvalue weighted by molar-refractivity contribution is 6.09. The zero-order valence-electron chi connectivity index (χ0n) is 27.6. The van der Waals surface area contributed by atoms with Crippen LogP contribution in [0.4, 0.5) is 0 Å². The predicted molar refractivity (Wildman–Crippen MR) is 183 cm³/mol. The normalized spacial score (nSPS) is 15.3. The first kappa shape index (κ1) is 35.3. The molecule has 0 radical (unpaired) electrons. The Balaban J connectivity index is 1.45. The van der Waals surface area contributed by atoms with Crippen molar-refractivity contribution in [3.8, 4) is 0 Å². The van der Waals surface area contributed by atoms with Gasteiger partial charge in [0.2, 0.25) is 0 Å². The van der Waals surface area contributed by atoms with E-state index in [4.69, 9.17) is 0 Å². The van der Waals surface area contributed by atoms with Crippen molar-refractivity contribution >= 4 is 11.6 Å². The average molecular weight is 587 g/mol. The van der Waals surface area contributed by atoms with Crippen LogP contribution in [0, 0.1) is 11.3 Å². The summed E-state index contributed by atoms with van der Waals surface area (Å²) in [5.41, 5.74) is 2.55. The number of ketones is 2. The number of carbonyl (C=O) groups excluding carboxylic acids is 2. The number of rotatable bonds is 25. The highest BCUT2D eigenvalue weighted by Crippen LogP contribution is 2.46. The standard InChI is InChI=1S/C41H62O2/c1-2-3-4-5-6-9-12-15-24-33-41(35-37-29-22-18-23-30-37,40-38(42)31-32-39(40)43)34-25-16-13-10-7-8-11-14-19-26-36-27-20-17-21-28-36/h17-18,20-23,27-30,40H,2-16,19,24-26,31-35H2,1H3. The molecule has 1 aliphatic carbocycles. The monoisotopic (exact) mass is 586 g/mol. The molecule has 0 saturated heterocycles. The molecule has 2 aromatic carbocycles. The molecule has 238 valence electrons. The Labute approximate surface area is 264 Å². The van der Waals surface area contributed by atoms with E-state index in [1.807, 2.05) is 0 Å². The van der Waals surface area contributed by atoms with Crippen LogP contribution in [0.25, 0.3) is 0 Å². The average Bonchev–Trinajstić information content (AvgIpc) is 3.37. The van der Waals surface area contributed by atoms with E-state index in [1.165, 1.54) is 120 Å². The van der Waals surface area contributed by atoms with Gasteiger partial charge in [0.25, 0.3) is 0 Å². The van der Waals surface area contributed by atoms with Crippen LogP contribution < -0.4 is 0 Å². The molecule has 1 unspecified atom stereocenters. The lowest BCUT2D eigenvalue weighted by atomic mass is 9.64. The van der Waals surface area contributed by atoms with Crippen molar-refractivity contribution < 1.29 is 9.59 Å². The van der Waals surface area contributed by atoms with Gasteiger partial charge in [-0.25, -0.2) is 0 Å². The first-order valence-corrected chi connectivity index (χ1v) is 18.3. The van der Waals surface area contributed by atoms with Gasteiger partial charge in [0, 0.05) is 12.8 Å². The second-order valence-electron chi connectivity index (χ2n) is 13.6. The van der Waals surface area contributed by atoms with Gasteiger partial charge in [0.1, 0.15) is 11.6 Å². The van der Waals surface area contributed by atoms with Crippen LogP contribution in [-0.2, 0) is 22.4 Å². The quantitative estimate of drug-likeness (QED) is 0.0856. The third kappa shape index (κ3) is 13.5. The smallest absolute Gasteiger partial charge is 0.144 e. The van der Waals surface area contributed by atoms with Crippen molar-refractivity contribution in [2.45, 2.75) is 161 Å². The predicted octanol–water partition coefficient (Wildman–Crippen LogP) is 11.8. The minimum atomic E-state index is -0.377. The van der Waals surface area contributed by atoms with Gasteiger partial charge >= 0.3 is 0 Å². The van der Waals surface area contributed by atoms with Gasteiger partial charge in [0.15, 0.2) is 0 Å². The molecular weight excluding hydrogens is 524 g/mol. The maximum atomic E-state index is 13.2. The molecule has 1 fully saturated rings. The number of unbranched alkanes of at least 4 members (excludes halogenated alkanes) is 16. The summed E-state index contributed by atoms with van der Waals surface area (Å²) in [7, 11) is 0. The summed E-state index contributed by atoms with van der Waals surface area (Å²) in [5, 5.41) is 0. The van der Waals surface area contributed by atoms with Gasteiger partial charge in [-0.15, -0.1) is 0 Å². The summed E-state index contributed by atoms with van der Waals surface area (Å²) in [5.74, 6) is 0.0749. The Morgan fingerprint density at radius 2 is 0.907 bits per heavy atom. The van der Waals surface area contributed by atoms with Gasteiger partial charge in [-0.05, 0) is 48.6 Å². The third-order valence-electron chi connectivity index (χ3n) is 10.0.